The lowest BCUT2D eigenvalue weighted by Gasteiger charge is -2.22. The van der Waals surface area contributed by atoms with Crippen LogP contribution in [0.1, 0.15) is 17.5 Å². The van der Waals surface area contributed by atoms with E-state index in [9.17, 15) is 14.9 Å². The molecule has 26 heavy (non-hydrogen) atoms. The van der Waals surface area contributed by atoms with E-state index in [1.54, 1.807) is 17.0 Å². The van der Waals surface area contributed by atoms with Crippen molar-refractivity contribution in [3.63, 3.8) is 0 Å². The van der Waals surface area contributed by atoms with Gasteiger partial charge in [-0.15, -0.1) is 12.4 Å². The molecular formula is C19H24ClN3O3. The van der Waals surface area contributed by atoms with Gasteiger partial charge in [0.1, 0.15) is 0 Å². The summed E-state index contributed by atoms with van der Waals surface area (Å²) in [5, 5.41) is 10.8. The first-order valence-electron chi connectivity index (χ1n) is 8.35. The van der Waals surface area contributed by atoms with Crippen LogP contribution in [0.4, 0.5) is 5.69 Å². The summed E-state index contributed by atoms with van der Waals surface area (Å²) in [7, 11) is 0. The molecule has 0 aliphatic carbocycles. The minimum Gasteiger partial charge on any atom is -0.341 e. The molecule has 0 spiro atoms. The normalized spacial score (nSPS) is 10.0. The van der Waals surface area contributed by atoms with Crippen LogP contribution in [0.5, 0.6) is 0 Å². The SMILES string of the molecule is Cl.NCCN(CCc1ccccc1)C(=O)CCc1cccc([N+](=O)[O-])c1. The molecule has 0 fully saturated rings. The number of carbonyl (C=O) groups excluding carboxylic acids is 1. The Morgan fingerprint density at radius 2 is 1.69 bits per heavy atom. The summed E-state index contributed by atoms with van der Waals surface area (Å²) in [4.78, 5) is 24.6. The molecule has 2 N–H and O–H groups in total. The molecule has 140 valence electrons. The molecule has 0 saturated carbocycles. The van der Waals surface area contributed by atoms with Gasteiger partial charge in [-0.1, -0.05) is 42.5 Å². The van der Waals surface area contributed by atoms with Crippen molar-refractivity contribution in [2.45, 2.75) is 19.3 Å². The second-order valence-electron chi connectivity index (χ2n) is 5.83. The number of halogens is 1. The number of nitro benzene ring substituents is 1. The third kappa shape index (κ3) is 6.82. The number of nitro groups is 1. The minimum absolute atomic E-state index is 0. The lowest BCUT2D eigenvalue weighted by molar-refractivity contribution is -0.384. The van der Waals surface area contributed by atoms with Gasteiger partial charge in [0.25, 0.3) is 5.69 Å². The lowest BCUT2D eigenvalue weighted by Crippen LogP contribution is -2.37. The van der Waals surface area contributed by atoms with Gasteiger partial charge in [-0.05, 0) is 24.0 Å². The summed E-state index contributed by atoms with van der Waals surface area (Å²) >= 11 is 0. The zero-order valence-electron chi connectivity index (χ0n) is 14.5. The van der Waals surface area contributed by atoms with Crippen LogP contribution in [0.3, 0.4) is 0 Å². The van der Waals surface area contributed by atoms with Crippen molar-refractivity contribution in [2.75, 3.05) is 19.6 Å². The number of carbonyl (C=O) groups is 1. The molecule has 0 saturated heterocycles. The maximum Gasteiger partial charge on any atom is 0.269 e. The summed E-state index contributed by atoms with van der Waals surface area (Å²) in [5.41, 5.74) is 7.64. The van der Waals surface area contributed by atoms with Crippen LogP contribution in [0, 0.1) is 10.1 Å². The molecule has 2 aromatic carbocycles. The number of nitrogens with zero attached hydrogens (tertiary/aromatic N) is 2. The predicted octanol–water partition coefficient (Wildman–Crippen LogP) is 2.98. The van der Waals surface area contributed by atoms with Crippen LogP contribution in [-0.2, 0) is 17.6 Å². The molecule has 7 heteroatoms. The van der Waals surface area contributed by atoms with Gasteiger partial charge in [0, 0.05) is 38.2 Å². The molecule has 0 atom stereocenters. The fraction of sp³-hybridized carbons (Fsp3) is 0.316. The first-order chi connectivity index (χ1) is 12.1. The maximum atomic E-state index is 12.5. The van der Waals surface area contributed by atoms with E-state index in [0.29, 0.717) is 32.5 Å². The van der Waals surface area contributed by atoms with E-state index in [4.69, 9.17) is 5.73 Å². The van der Waals surface area contributed by atoms with Crippen molar-refractivity contribution < 1.29 is 9.72 Å². The Morgan fingerprint density at radius 3 is 2.35 bits per heavy atom. The quantitative estimate of drug-likeness (QED) is 0.537. The van der Waals surface area contributed by atoms with Crippen LogP contribution in [0.2, 0.25) is 0 Å². The van der Waals surface area contributed by atoms with Crippen LogP contribution >= 0.6 is 12.4 Å². The van der Waals surface area contributed by atoms with Gasteiger partial charge in [-0.2, -0.15) is 0 Å². The second kappa shape index (κ2) is 11.2. The summed E-state index contributed by atoms with van der Waals surface area (Å²) in [6.45, 7) is 1.55. The number of non-ortho nitro benzene ring substituents is 1. The Balaban J connectivity index is 0.00000338. The third-order valence-corrected chi connectivity index (χ3v) is 4.01. The van der Waals surface area contributed by atoms with E-state index in [1.165, 1.54) is 17.7 Å². The summed E-state index contributed by atoms with van der Waals surface area (Å²) in [5.74, 6) is 0.0212. The van der Waals surface area contributed by atoms with Crippen LogP contribution in [0.15, 0.2) is 54.6 Å². The van der Waals surface area contributed by atoms with E-state index < -0.39 is 4.92 Å². The Labute approximate surface area is 159 Å². The monoisotopic (exact) mass is 377 g/mol. The number of rotatable bonds is 9. The smallest absolute Gasteiger partial charge is 0.269 e. The number of benzene rings is 2. The average Bonchev–Trinajstić information content (AvgIpc) is 2.64. The number of hydrogen-bond acceptors (Lipinski definition) is 4. The molecule has 0 aliphatic heterocycles. The maximum absolute atomic E-state index is 12.5. The van der Waals surface area contributed by atoms with Gasteiger partial charge in [0.2, 0.25) is 5.91 Å². The van der Waals surface area contributed by atoms with Crippen molar-refractivity contribution >= 4 is 24.0 Å². The van der Waals surface area contributed by atoms with Crippen LogP contribution in [-0.4, -0.2) is 35.4 Å². The Kier molecular flexibility index (Phi) is 9.33. The number of nitrogens with two attached hydrogens (primary N) is 1. The fourth-order valence-corrected chi connectivity index (χ4v) is 2.66. The van der Waals surface area contributed by atoms with Gasteiger partial charge in [-0.25, -0.2) is 0 Å². The van der Waals surface area contributed by atoms with Crippen molar-refractivity contribution in [2.24, 2.45) is 5.73 Å². The minimum atomic E-state index is -0.425. The molecule has 2 rings (SSSR count). The Bertz CT molecular complexity index is 710. The highest BCUT2D eigenvalue weighted by Gasteiger charge is 2.14. The molecule has 0 heterocycles. The predicted molar refractivity (Wildman–Crippen MR) is 104 cm³/mol. The molecule has 0 bridgehead atoms. The molecule has 1 amide bonds. The zero-order valence-corrected chi connectivity index (χ0v) is 15.4. The van der Waals surface area contributed by atoms with Crippen LogP contribution in [0.25, 0.3) is 0 Å². The molecule has 0 radical (unpaired) electrons. The van der Waals surface area contributed by atoms with Crippen molar-refractivity contribution in [1.82, 2.24) is 4.90 Å². The standard InChI is InChI=1S/C19H23N3O3.ClH/c20-12-14-21(13-11-16-5-2-1-3-6-16)19(23)10-9-17-7-4-8-18(15-17)22(24)25;/h1-8,15H,9-14,20H2;1H. The fourth-order valence-electron chi connectivity index (χ4n) is 2.66. The van der Waals surface area contributed by atoms with Crippen molar-refractivity contribution in [3.8, 4) is 0 Å². The van der Waals surface area contributed by atoms with Gasteiger partial charge >= 0.3 is 0 Å². The third-order valence-electron chi connectivity index (χ3n) is 4.01. The van der Waals surface area contributed by atoms with E-state index >= 15 is 0 Å². The van der Waals surface area contributed by atoms with Gasteiger partial charge in [0.15, 0.2) is 0 Å². The zero-order chi connectivity index (χ0) is 18.1. The summed E-state index contributed by atoms with van der Waals surface area (Å²) in [6, 6.07) is 16.4. The van der Waals surface area contributed by atoms with Gasteiger partial charge in [-0.3, -0.25) is 14.9 Å². The van der Waals surface area contributed by atoms with Crippen molar-refractivity contribution in [3.05, 3.63) is 75.8 Å². The number of aryl methyl sites for hydroxylation is 1. The highest BCUT2D eigenvalue weighted by Crippen LogP contribution is 2.15. The molecule has 6 nitrogen and oxygen atoms in total. The molecule has 2 aromatic rings. The van der Waals surface area contributed by atoms with E-state index in [0.717, 1.165) is 12.0 Å². The van der Waals surface area contributed by atoms with E-state index in [-0.39, 0.29) is 24.0 Å². The Hall–Kier alpha value is -2.44. The van der Waals surface area contributed by atoms with Crippen molar-refractivity contribution in [1.29, 1.82) is 0 Å². The molecular weight excluding hydrogens is 354 g/mol. The largest absolute Gasteiger partial charge is 0.341 e. The van der Waals surface area contributed by atoms with E-state index in [2.05, 4.69) is 0 Å². The second-order valence-corrected chi connectivity index (χ2v) is 5.83. The molecule has 0 aliphatic rings. The number of amides is 1. The Morgan fingerprint density at radius 1 is 1.00 bits per heavy atom. The van der Waals surface area contributed by atoms with Gasteiger partial charge < -0.3 is 10.6 Å². The highest BCUT2D eigenvalue weighted by atomic mass is 35.5. The molecule has 0 aromatic heterocycles. The first kappa shape index (κ1) is 21.6. The average molecular weight is 378 g/mol. The summed E-state index contributed by atoms with van der Waals surface area (Å²) < 4.78 is 0. The molecule has 0 unspecified atom stereocenters. The highest BCUT2D eigenvalue weighted by molar-refractivity contribution is 5.85. The summed E-state index contributed by atoms with van der Waals surface area (Å²) in [6.07, 6.45) is 1.58. The topological polar surface area (TPSA) is 89.5 Å². The first-order valence-corrected chi connectivity index (χ1v) is 8.35. The number of hydrogen-bond donors (Lipinski definition) is 1. The van der Waals surface area contributed by atoms with E-state index in [1.807, 2.05) is 30.3 Å². The van der Waals surface area contributed by atoms with Gasteiger partial charge in [0.05, 0.1) is 4.92 Å². The van der Waals surface area contributed by atoms with Crippen LogP contribution < -0.4 is 5.73 Å². The lowest BCUT2D eigenvalue weighted by atomic mass is 10.1.